The monoisotopic (exact) mass is 345 g/mol. The number of ether oxygens (including phenoxy) is 2. The average molecular weight is 345 g/mol. The van der Waals surface area contributed by atoms with Crippen LogP contribution in [0, 0.1) is 5.82 Å². The molecule has 0 radical (unpaired) electrons. The van der Waals surface area contributed by atoms with Crippen molar-refractivity contribution >= 4 is 11.9 Å². The SMILES string of the molecule is COc1ccc(CNC(=O)C2Cc3cccc(F)c3O2)cc1C(=O)O. The van der Waals surface area contributed by atoms with Crippen LogP contribution in [0.25, 0.3) is 0 Å². The van der Waals surface area contributed by atoms with Crippen molar-refractivity contribution in [2.24, 2.45) is 0 Å². The number of carboxylic acid groups (broad SMARTS) is 1. The van der Waals surface area contributed by atoms with Crippen molar-refractivity contribution in [3.63, 3.8) is 0 Å². The van der Waals surface area contributed by atoms with Crippen LogP contribution in [0.2, 0.25) is 0 Å². The lowest BCUT2D eigenvalue weighted by Crippen LogP contribution is -2.37. The molecule has 0 saturated heterocycles. The number of hydrogen-bond donors (Lipinski definition) is 2. The van der Waals surface area contributed by atoms with Crippen molar-refractivity contribution in [2.75, 3.05) is 7.11 Å². The summed E-state index contributed by atoms with van der Waals surface area (Å²) in [6, 6.07) is 9.20. The Labute approximate surface area is 143 Å². The maximum atomic E-state index is 13.6. The molecule has 7 heteroatoms. The number of carbonyl (C=O) groups excluding carboxylic acids is 1. The number of para-hydroxylation sites is 1. The minimum atomic E-state index is -1.12. The van der Waals surface area contributed by atoms with E-state index in [1.165, 1.54) is 25.3 Å². The summed E-state index contributed by atoms with van der Waals surface area (Å²) in [6.45, 7) is 0.127. The van der Waals surface area contributed by atoms with E-state index in [0.717, 1.165) is 0 Å². The maximum Gasteiger partial charge on any atom is 0.339 e. The molecule has 1 atom stereocenters. The van der Waals surface area contributed by atoms with E-state index in [0.29, 0.717) is 17.5 Å². The highest BCUT2D eigenvalue weighted by atomic mass is 19.1. The van der Waals surface area contributed by atoms with Gasteiger partial charge in [-0.15, -0.1) is 0 Å². The summed E-state index contributed by atoms with van der Waals surface area (Å²) in [7, 11) is 1.39. The number of hydrogen-bond acceptors (Lipinski definition) is 4. The zero-order valence-electron chi connectivity index (χ0n) is 13.4. The smallest absolute Gasteiger partial charge is 0.339 e. The molecule has 2 aromatic rings. The molecule has 0 aliphatic carbocycles. The van der Waals surface area contributed by atoms with Gasteiger partial charge < -0.3 is 19.9 Å². The highest BCUT2D eigenvalue weighted by Crippen LogP contribution is 2.31. The topological polar surface area (TPSA) is 84.9 Å². The number of carboxylic acids is 1. The zero-order chi connectivity index (χ0) is 18.0. The van der Waals surface area contributed by atoms with E-state index >= 15 is 0 Å². The highest BCUT2D eigenvalue weighted by molar-refractivity contribution is 5.91. The molecule has 3 rings (SSSR count). The highest BCUT2D eigenvalue weighted by Gasteiger charge is 2.30. The Balaban J connectivity index is 1.65. The van der Waals surface area contributed by atoms with Crippen molar-refractivity contribution in [1.82, 2.24) is 5.32 Å². The molecular weight excluding hydrogens is 329 g/mol. The van der Waals surface area contributed by atoms with Gasteiger partial charge in [-0.2, -0.15) is 0 Å². The summed E-state index contributed by atoms with van der Waals surface area (Å²) < 4.78 is 24.0. The molecule has 1 unspecified atom stereocenters. The van der Waals surface area contributed by atoms with E-state index in [4.69, 9.17) is 9.47 Å². The first-order valence-electron chi connectivity index (χ1n) is 7.61. The van der Waals surface area contributed by atoms with Gasteiger partial charge >= 0.3 is 5.97 Å². The summed E-state index contributed by atoms with van der Waals surface area (Å²) in [5.74, 6) is -1.64. The second-order valence-corrected chi connectivity index (χ2v) is 5.60. The van der Waals surface area contributed by atoms with Crippen molar-refractivity contribution < 1.29 is 28.6 Å². The lowest BCUT2D eigenvalue weighted by molar-refractivity contribution is -0.127. The van der Waals surface area contributed by atoms with E-state index < -0.39 is 17.9 Å². The minimum Gasteiger partial charge on any atom is -0.496 e. The van der Waals surface area contributed by atoms with Crippen molar-refractivity contribution in [1.29, 1.82) is 0 Å². The number of methoxy groups -OCH3 is 1. The lowest BCUT2D eigenvalue weighted by atomic mass is 10.1. The Morgan fingerprint density at radius 3 is 2.84 bits per heavy atom. The van der Waals surface area contributed by atoms with Crippen LogP contribution < -0.4 is 14.8 Å². The number of fused-ring (bicyclic) bond motifs is 1. The van der Waals surface area contributed by atoms with Gasteiger partial charge in [0.05, 0.1) is 7.11 Å². The molecule has 1 aliphatic heterocycles. The number of rotatable bonds is 5. The molecule has 2 N–H and O–H groups in total. The summed E-state index contributed by atoms with van der Waals surface area (Å²) in [4.78, 5) is 23.5. The minimum absolute atomic E-state index is 0.0147. The van der Waals surface area contributed by atoms with E-state index in [2.05, 4.69) is 5.32 Å². The van der Waals surface area contributed by atoms with Gasteiger partial charge in [-0.05, 0) is 23.8 Å². The Bertz CT molecular complexity index is 836. The molecule has 0 saturated carbocycles. The second kappa shape index (κ2) is 6.80. The van der Waals surface area contributed by atoms with Crippen LogP contribution >= 0.6 is 0 Å². The number of carbonyl (C=O) groups is 2. The molecule has 1 heterocycles. The summed E-state index contributed by atoms with van der Waals surface area (Å²) in [5, 5.41) is 11.9. The Hall–Kier alpha value is -3.09. The first-order valence-corrected chi connectivity index (χ1v) is 7.61. The molecule has 1 aliphatic rings. The maximum absolute atomic E-state index is 13.6. The Morgan fingerprint density at radius 2 is 2.16 bits per heavy atom. The molecule has 1 amide bonds. The van der Waals surface area contributed by atoms with Gasteiger partial charge in [0.15, 0.2) is 17.7 Å². The third-order valence-electron chi connectivity index (χ3n) is 3.97. The third-order valence-corrected chi connectivity index (χ3v) is 3.97. The van der Waals surface area contributed by atoms with Gasteiger partial charge in [-0.25, -0.2) is 9.18 Å². The molecule has 2 aromatic carbocycles. The lowest BCUT2D eigenvalue weighted by Gasteiger charge is -2.12. The number of aromatic carboxylic acids is 1. The van der Waals surface area contributed by atoms with Crippen LogP contribution in [0.5, 0.6) is 11.5 Å². The number of benzene rings is 2. The second-order valence-electron chi connectivity index (χ2n) is 5.60. The van der Waals surface area contributed by atoms with Gasteiger partial charge in [-0.3, -0.25) is 4.79 Å². The van der Waals surface area contributed by atoms with Crippen molar-refractivity contribution in [2.45, 2.75) is 19.1 Å². The van der Waals surface area contributed by atoms with Gasteiger partial charge in [0.2, 0.25) is 0 Å². The Morgan fingerprint density at radius 1 is 1.36 bits per heavy atom. The Kier molecular flexibility index (Phi) is 4.56. The number of halogens is 1. The van der Waals surface area contributed by atoms with Gasteiger partial charge in [-0.1, -0.05) is 18.2 Å². The fourth-order valence-electron chi connectivity index (χ4n) is 2.71. The van der Waals surface area contributed by atoms with Crippen LogP contribution in [-0.2, 0) is 17.8 Å². The van der Waals surface area contributed by atoms with E-state index in [1.54, 1.807) is 18.2 Å². The third kappa shape index (κ3) is 3.40. The molecule has 0 fully saturated rings. The normalized spacial score (nSPS) is 15.2. The molecule has 25 heavy (non-hydrogen) atoms. The van der Waals surface area contributed by atoms with Crippen LogP contribution in [0.4, 0.5) is 4.39 Å². The van der Waals surface area contributed by atoms with Gasteiger partial charge in [0, 0.05) is 18.5 Å². The predicted octanol–water partition coefficient (Wildman–Crippen LogP) is 2.15. The summed E-state index contributed by atoms with van der Waals surface area (Å²) in [6.07, 6.45) is -0.508. The molecule has 0 spiro atoms. The zero-order valence-corrected chi connectivity index (χ0v) is 13.4. The molecule has 130 valence electrons. The summed E-state index contributed by atoms with van der Waals surface area (Å²) in [5.41, 5.74) is 1.27. The quantitative estimate of drug-likeness (QED) is 0.867. The van der Waals surface area contributed by atoms with E-state index in [1.807, 2.05) is 0 Å². The standard InChI is InChI=1S/C18H16FNO5/c1-24-14-6-5-10(7-12(14)18(22)23)9-20-17(21)15-8-11-3-2-4-13(19)16(11)25-15/h2-7,15H,8-9H2,1H3,(H,20,21)(H,22,23). The molecular formula is C18H16FNO5. The predicted molar refractivity (Wildman–Crippen MR) is 86.3 cm³/mol. The fourth-order valence-corrected chi connectivity index (χ4v) is 2.71. The van der Waals surface area contributed by atoms with E-state index in [-0.39, 0.29) is 29.5 Å². The van der Waals surface area contributed by atoms with Crippen LogP contribution in [0.3, 0.4) is 0 Å². The van der Waals surface area contributed by atoms with Crippen LogP contribution in [0.1, 0.15) is 21.5 Å². The average Bonchev–Trinajstić information content (AvgIpc) is 3.05. The fraction of sp³-hybridized carbons (Fsp3) is 0.222. The first-order chi connectivity index (χ1) is 12.0. The number of nitrogens with one attached hydrogen (secondary N) is 1. The molecule has 0 bridgehead atoms. The largest absolute Gasteiger partial charge is 0.496 e. The van der Waals surface area contributed by atoms with Gasteiger partial charge in [0.25, 0.3) is 5.91 Å². The van der Waals surface area contributed by atoms with Crippen molar-refractivity contribution in [3.05, 3.63) is 58.9 Å². The number of amides is 1. The molecule has 0 aromatic heterocycles. The van der Waals surface area contributed by atoms with Gasteiger partial charge in [0.1, 0.15) is 11.3 Å². The van der Waals surface area contributed by atoms with Crippen LogP contribution in [0.15, 0.2) is 36.4 Å². The first kappa shape index (κ1) is 16.8. The van der Waals surface area contributed by atoms with Crippen molar-refractivity contribution in [3.8, 4) is 11.5 Å². The summed E-state index contributed by atoms with van der Waals surface area (Å²) >= 11 is 0. The molecule has 6 nitrogen and oxygen atoms in total. The van der Waals surface area contributed by atoms with E-state index in [9.17, 15) is 19.1 Å². The van der Waals surface area contributed by atoms with Crippen LogP contribution in [-0.4, -0.2) is 30.2 Å².